The van der Waals surface area contributed by atoms with Gasteiger partial charge in [0.05, 0.1) is 12.0 Å². The molecular weight excluding hydrogens is 232 g/mol. The molecule has 2 heterocycles. The third-order valence-electron chi connectivity index (χ3n) is 2.70. The zero-order valence-electron chi connectivity index (χ0n) is 9.64. The highest BCUT2D eigenvalue weighted by Gasteiger charge is 2.23. The smallest absolute Gasteiger partial charge is 0.183 e. The molecule has 2 aromatic rings. The number of hydrogen-bond donors (Lipinski definition) is 5. The first kappa shape index (κ1) is 10.8. The fourth-order valence-electron chi connectivity index (χ4n) is 1.64. The van der Waals surface area contributed by atoms with Crippen LogP contribution in [0.1, 0.15) is 18.7 Å². The standard InChI is InChI=1S/C10H14N8/c11-6(3-15-12)8-17-9-7(13-4-14-9)10(18-8)16-5-1-2-5/h3-5,15H,1-2,11-12H2,(H2,13,14,16,17,18)/b6-3-. The summed E-state index contributed by atoms with van der Waals surface area (Å²) < 4.78 is 0. The number of aromatic amines is 1. The van der Waals surface area contributed by atoms with Gasteiger partial charge in [-0.25, -0.2) is 15.0 Å². The Morgan fingerprint density at radius 1 is 1.44 bits per heavy atom. The first-order valence-corrected chi connectivity index (χ1v) is 5.67. The number of hydrogen-bond acceptors (Lipinski definition) is 7. The Morgan fingerprint density at radius 3 is 3.00 bits per heavy atom. The Bertz CT molecular complexity index is 597. The number of fused-ring (bicyclic) bond motifs is 1. The molecule has 1 saturated carbocycles. The largest absolute Gasteiger partial charge is 0.394 e. The minimum absolute atomic E-state index is 0.362. The van der Waals surface area contributed by atoms with Crippen LogP contribution in [0.4, 0.5) is 5.82 Å². The molecule has 8 nitrogen and oxygen atoms in total. The minimum Gasteiger partial charge on any atom is -0.394 e. The van der Waals surface area contributed by atoms with E-state index in [9.17, 15) is 0 Å². The maximum absolute atomic E-state index is 5.81. The molecule has 7 N–H and O–H groups in total. The van der Waals surface area contributed by atoms with Crippen molar-refractivity contribution in [3.63, 3.8) is 0 Å². The number of nitrogens with one attached hydrogen (secondary N) is 3. The highest BCUT2D eigenvalue weighted by molar-refractivity contribution is 5.84. The third-order valence-corrected chi connectivity index (χ3v) is 2.70. The normalized spacial score (nSPS) is 15.9. The van der Waals surface area contributed by atoms with Crippen molar-refractivity contribution < 1.29 is 0 Å². The predicted molar refractivity (Wildman–Crippen MR) is 67.8 cm³/mol. The lowest BCUT2D eigenvalue weighted by Gasteiger charge is -2.07. The van der Waals surface area contributed by atoms with Gasteiger partial charge in [0.1, 0.15) is 5.52 Å². The molecule has 0 radical (unpaired) electrons. The second kappa shape index (κ2) is 4.15. The van der Waals surface area contributed by atoms with Gasteiger partial charge in [-0.05, 0) is 12.8 Å². The van der Waals surface area contributed by atoms with E-state index in [4.69, 9.17) is 11.6 Å². The quantitative estimate of drug-likeness (QED) is 0.368. The number of anilines is 1. The second-order valence-electron chi connectivity index (χ2n) is 4.18. The fourth-order valence-corrected chi connectivity index (χ4v) is 1.64. The van der Waals surface area contributed by atoms with Crippen molar-refractivity contribution in [2.24, 2.45) is 11.6 Å². The number of H-pyrrole nitrogens is 1. The van der Waals surface area contributed by atoms with Gasteiger partial charge in [-0.1, -0.05) is 0 Å². The third kappa shape index (κ3) is 1.93. The molecule has 1 aliphatic carbocycles. The number of nitrogens with two attached hydrogens (primary N) is 2. The summed E-state index contributed by atoms with van der Waals surface area (Å²) in [7, 11) is 0. The van der Waals surface area contributed by atoms with Crippen molar-refractivity contribution in [1.29, 1.82) is 0 Å². The summed E-state index contributed by atoms with van der Waals surface area (Å²) in [5.41, 5.74) is 9.91. The van der Waals surface area contributed by atoms with E-state index >= 15 is 0 Å². The molecule has 2 aromatic heterocycles. The van der Waals surface area contributed by atoms with E-state index in [1.54, 1.807) is 6.33 Å². The lowest BCUT2D eigenvalue weighted by molar-refractivity contribution is 0.961. The second-order valence-corrected chi connectivity index (χ2v) is 4.18. The summed E-state index contributed by atoms with van der Waals surface area (Å²) in [6, 6.07) is 0.483. The highest BCUT2D eigenvalue weighted by atomic mass is 15.2. The Kier molecular flexibility index (Phi) is 2.49. The van der Waals surface area contributed by atoms with Gasteiger partial charge >= 0.3 is 0 Å². The highest BCUT2D eigenvalue weighted by Crippen LogP contribution is 2.27. The lowest BCUT2D eigenvalue weighted by Crippen LogP contribution is -2.17. The molecule has 1 fully saturated rings. The number of rotatable bonds is 4. The van der Waals surface area contributed by atoms with Crippen molar-refractivity contribution in [3.8, 4) is 0 Å². The van der Waals surface area contributed by atoms with Crippen LogP contribution in [0.3, 0.4) is 0 Å². The molecular formula is C10H14N8. The number of aromatic nitrogens is 4. The van der Waals surface area contributed by atoms with E-state index < -0.39 is 0 Å². The topological polar surface area (TPSA) is 131 Å². The first-order chi connectivity index (χ1) is 8.78. The van der Waals surface area contributed by atoms with Gasteiger partial charge in [0.15, 0.2) is 17.3 Å². The van der Waals surface area contributed by atoms with Crippen LogP contribution in [-0.4, -0.2) is 26.0 Å². The molecule has 0 saturated heterocycles. The Morgan fingerprint density at radius 2 is 2.28 bits per heavy atom. The summed E-state index contributed by atoms with van der Waals surface area (Å²) in [6.45, 7) is 0. The van der Waals surface area contributed by atoms with Crippen LogP contribution in [-0.2, 0) is 0 Å². The van der Waals surface area contributed by atoms with Crippen molar-refractivity contribution in [2.75, 3.05) is 5.32 Å². The van der Waals surface area contributed by atoms with Gasteiger partial charge in [-0.2, -0.15) is 0 Å². The molecule has 0 unspecified atom stereocenters. The Hall–Kier alpha value is -2.35. The number of hydrazine groups is 1. The summed E-state index contributed by atoms with van der Waals surface area (Å²) in [6.07, 6.45) is 5.34. The molecule has 18 heavy (non-hydrogen) atoms. The number of nitrogens with zero attached hydrogens (tertiary/aromatic N) is 3. The first-order valence-electron chi connectivity index (χ1n) is 5.67. The van der Waals surface area contributed by atoms with Crippen LogP contribution >= 0.6 is 0 Å². The van der Waals surface area contributed by atoms with Crippen LogP contribution in [0.2, 0.25) is 0 Å². The molecule has 0 amide bonds. The monoisotopic (exact) mass is 246 g/mol. The van der Waals surface area contributed by atoms with Crippen LogP contribution in [0.5, 0.6) is 0 Å². The van der Waals surface area contributed by atoms with Gasteiger partial charge in [0.25, 0.3) is 0 Å². The minimum atomic E-state index is 0.362. The van der Waals surface area contributed by atoms with Crippen LogP contribution < -0.4 is 22.3 Å². The van der Waals surface area contributed by atoms with E-state index in [2.05, 4.69) is 30.7 Å². The van der Waals surface area contributed by atoms with Crippen LogP contribution in [0.25, 0.3) is 16.9 Å². The predicted octanol–water partition coefficient (Wildman–Crippen LogP) is -0.352. The summed E-state index contributed by atoms with van der Waals surface area (Å²) in [4.78, 5) is 15.8. The van der Waals surface area contributed by atoms with Crippen molar-refractivity contribution in [3.05, 3.63) is 18.4 Å². The molecule has 1 aliphatic rings. The van der Waals surface area contributed by atoms with Crippen LogP contribution in [0, 0.1) is 0 Å². The number of imidazole rings is 1. The van der Waals surface area contributed by atoms with Gasteiger partial charge < -0.3 is 21.5 Å². The van der Waals surface area contributed by atoms with Crippen LogP contribution in [0.15, 0.2) is 12.5 Å². The van der Waals surface area contributed by atoms with Gasteiger partial charge in [-0.3, -0.25) is 5.84 Å². The SMILES string of the molecule is NN/C=C(\N)c1nc(NC2CC2)c2[nH]cnc2n1. The molecule has 3 rings (SSSR count). The summed E-state index contributed by atoms with van der Waals surface area (Å²) >= 11 is 0. The van der Waals surface area contributed by atoms with Gasteiger partial charge in [0.2, 0.25) is 0 Å². The van der Waals surface area contributed by atoms with Crippen molar-refractivity contribution >= 4 is 22.7 Å². The Labute approximate surface area is 103 Å². The van der Waals surface area contributed by atoms with E-state index in [1.165, 1.54) is 6.20 Å². The van der Waals surface area contributed by atoms with Crippen molar-refractivity contribution in [1.82, 2.24) is 25.4 Å². The van der Waals surface area contributed by atoms with Crippen molar-refractivity contribution in [2.45, 2.75) is 18.9 Å². The molecule has 0 bridgehead atoms. The average molecular weight is 246 g/mol. The Balaban J connectivity index is 2.06. The van der Waals surface area contributed by atoms with E-state index in [-0.39, 0.29) is 0 Å². The summed E-state index contributed by atoms with van der Waals surface area (Å²) in [5.74, 6) is 6.31. The maximum Gasteiger partial charge on any atom is 0.183 e. The average Bonchev–Trinajstić information content (AvgIpc) is 3.04. The summed E-state index contributed by atoms with van der Waals surface area (Å²) in [5, 5.41) is 3.33. The van der Waals surface area contributed by atoms with E-state index in [0.717, 1.165) is 24.2 Å². The molecule has 0 spiro atoms. The van der Waals surface area contributed by atoms with E-state index in [0.29, 0.717) is 23.2 Å². The molecule has 0 aliphatic heterocycles. The molecule has 0 aromatic carbocycles. The fraction of sp³-hybridized carbons (Fsp3) is 0.300. The van der Waals surface area contributed by atoms with Gasteiger partial charge in [0, 0.05) is 12.2 Å². The molecule has 8 heteroatoms. The van der Waals surface area contributed by atoms with Gasteiger partial charge in [-0.15, -0.1) is 0 Å². The van der Waals surface area contributed by atoms with E-state index in [1.807, 2.05) is 0 Å². The molecule has 0 atom stereocenters. The molecule has 94 valence electrons. The lowest BCUT2D eigenvalue weighted by atomic mass is 10.4. The zero-order valence-corrected chi connectivity index (χ0v) is 9.64. The zero-order chi connectivity index (χ0) is 12.5. The maximum atomic E-state index is 5.81.